The fourth-order valence-electron chi connectivity index (χ4n) is 1.71. The van der Waals surface area contributed by atoms with Crippen LogP contribution in [0.25, 0.3) is 0 Å². The quantitative estimate of drug-likeness (QED) is 0.781. The van der Waals surface area contributed by atoms with Gasteiger partial charge in [-0.3, -0.25) is 14.3 Å². The molecule has 0 saturated heterocycles. The Labute approximate surface area is 118 Å². The van der Waals surface area contributed by atoms with E-state index in [-0.39, 0.29) is 6.54 Å². The molecule has 2 aromatic rings. The van der Waals surface area contributed by atoms with E-state index in [1.54, 1.807) is 17.0 Å². The van der Waals surface area contributed by atoms with Gasteiger partial charge in [0.25, 0.3) is 14.6 Å². The van der Waals surface area contributed by atoms with Gasteiger partial charge in [0, 0.05) is 35.8 Å². The summed E-state index contributed by atoms with van der Waals surface area (Å²) < 4.78 is 25.3. The highest BCUT2D eigenvalue weighted by atomic mass is 35.7. The first kappa shape index (κ1) is 14.5. The molecular formula is C10H11ClN4O4S. The number of aryl methyl sites for hydroxylation is 1. The lowest BCUT2D eigenvalue weighted by Gasteiger charge is -2.07. The first-order chi connectivity index (χ1) is 9.32. The summed E-state index contributed by atoms with van der Waals surface area (Å²) in [5.74, 6) is 0.555. The van der Waals surface area contributed by atoms with Crippen LogP contribution >= 0.6 is 10.7 Å². The van der Waals surface area contributed by atoms with E-state index in [0.29, 0.717) is 12.4 Å². The zero-order chi connectivity index (χ0) is 14.9. The fraction of sp³-hybridized carbons (Fsp3) is 0.300. The van der Waals surface area contributed by atoms with E-state index >= 15 is 0 Å². The number of hydrogen-bond acceptors (Lipinski definition) is 5. The maximum atomic E-state index is 11.7. The first-order valence-electron chi connectivity index (χ1n) is 5.61. The third-order valence-electron chi connectivity index (χ3n) is 2.70. The molecule has 0 saturated carbocycles. The van der Waals surface area contributed by atoms with Crippen molar-refractivity contribution in [2.24, 2.45) is 0 Å². The van der Waals surface area contributed by atoms with Crippen molar-refractivity contribution >= 4 is 19.7 Å². The summed E-state index contributed by atoms with van der Waals surface area (Å²) in [7, 11) is 0.919. The van der Waals surface area contributed by atoms with Gasteiger partial charge in [0.05, 0.1) is 6.54 Å². The molecule has 8 nitrogen and oxygen atoms in total. The average molecular weight is 319 g/mol. The zero-order valence-corrected chi connectivity index (χ0v) is 12.0. The molecule has 0 radical (unpaired) electrons. The Morgan fingerprint density at radius 2 is 2.05 bits per heavy atom. The van der Waals surface area contributed by atoms with E-state index < -0.39 is 25.2 Å². The van der Waals surface area contributed by atoms with Gasteiger partial charge in [-0.1, -0.05) is 0 Å². The van der Waals surface area contributed by atoms with Crippen molar-refractivity contribution in [2.45, 2.75) is 24.9 Å². The highest BCUT2D eigenvalue weighted by molar-refractivity contribution is 8.13. The van der Waals surface area contributed by atoms with Crippen LogP contribution in [0.5, 0.6) is 0 Å². The van der Waals surface area contributed by atoms with Crippen LogP contribution in [-0.4, -0.2) is 27.5 Å². The van der Waals surface area contributed by atoms with Gasteiger partial charge >= 0.3 is 5.69 Å². The second-order valence-electron chi connectivity index (χ2n) is 3.95. The van der Waals surface area contributed by atoms with Crippen LogP contribution in [-0.2, 0) is 22.1 Å². The summed E-state index contributed by atoms with van der Waals surface area (Å²) in [5.41, 5.74) is -1.77. The van der Waals surface area contributed by atoms with Crippen LogP contribution in [0.4, 0.5) is 0 Å². The number of aromatic amines is 1. The summed E-state index contributed by atoms with van der Waals surface area (Å²) in [6.07, 6.45) is 4.21. The van der Waals surface area contributed by atoms with Gasteiger partial charge in [-0.2, -0.15) is 0 Å². The van der Waals surface area contributed by atoms with Crippen LogP contribution in [0.15, 0.2) is 33.1 Å². The molecule has 0 atom stereocenters. The van der Waals surface area contributed by atoms with Crippen molar-refractivity contribution in [3.05, 3.63) is 45.3 Å². The molecular weight excluding hydrogens is 308 g/mol. The van der Waals surface area contributed by atoms with E-state index in [4.69, 9.17) is 10.7 Å². The predicted octanol–water partition coefficient (Wildman–Crippen LogP) is -0.271. The van der Waals surface area contributed by atoms with E-state index in [9.17, 15) is 18.0 Å². The number of rotatable bonds is 4. The minimum Gasteiger partial charge on any atom is -0.334 e. The van der Waals surface area contributed by atoms with Gasteiger partial charge in [-0.05, 0) is 6.92 Å². The highest BCUT2D eigenvalue weighted by Crippen LogP contribution is 2.08. The van der Waals surface area contributed by atoms with Crippen LogP contribution < -0.4 is 11.2 Å². The molecule has 0 bridgehead atoms. The molecule has 0 aliphatic carbocycles. The van der Waals surface area contributed by atoms with Crippen LogP contribution in [0, 0.1) is 0 Å². The van der Waals surface area contributed by atoms with Gasteiger partial charge in [-0.25, -0.2) is 18.2 Å². The van der Waals surface area contributed by atoms with E-state index in [1.165, 1.54) is 0 Å². The first-order valence-corrected chi connectivity index (χ1v) is 7.92. The lowest BCUT2D eigenvalue weighted by Crippen LogP contribution is -2.33. The third kappa shape index (κ3) is 2.83. The Balaban J connectivity index is 2.53. The summed E-state index contributed by atoms with van der Waals surface area (Å²) >= 11 is 0. The molecule has 0 unspecified atom stereocenters. The smallest absolute Gasteiger partial charge is 0.328 e. The largest absolute Gasteiger partial charge is 0.334 e. The Kier molecular flexibility index (Phi) is 3.82. The fourth-order valence-corrected chi connectivity index (χ4v) is 2.57. The molecule has 108 valence electrons. The molecule has 2 heterocycles. The predicted molar refractivity (Wildman–Crippen MR) is 71.4 cm³/mol. The summed E-state index contributed by atoms with van der Waals surface area (Å²) in [5, 5.41) is 0. The molecule has 1 N–H and O–H groups in total. The van der Waals surface area contributed by atoms with Crippen LogP contribution in [0.1, 0.15) is 12.7 Å². The number of halogens is 1. The van der Waals surface area contributed by atoms with E-state index in [2.05, 4.69) is 4.98 Å². The lowest BCUT2D eigenvalue weighted by molar-refractivity contribution is 0.595. The standard InChI is InChI=1S/C10H11ClN4O4S/c1-2-14-4-3-12-8(14)6-15-5-7(20(11,18)19)9(16)13-10(15)17/h3-5H,2,6H2,1H3,(H,13,16,17). The molecule has 10 heteroatoms. The Bertz CT molecular complexity index is 849. The normalized spacial score (nSPS) is 11.7. The highest BCUT2D eigenvalue weighted by Gasteiger charge is 2.17. The molecule has 0 aliphatic rings. The maximum absolute atomic E-state index is 11.7. The monoisotopic (exact) mass is 318 g/mol. The number of nitrogens with zero attached hydrogens (tertiary/aromatic N) is 3. The van der Waals surface area contributed by atoms with Gasteiger partial charge < -0.3 is 4.57 Å². The number of H-pyrrole nitrogens is 1. The molecule has 0 aromatic carbocycles. The number of imidazole rings is 1. The maximum Gasteiger partial charge on any atom is 0.328 e. The molecule has 2 aromatic heterocycles. The number of hydrogen-bond donors (Lipinski definition) is 1. The molecule has 0 aliphatic heterocycles. The second-order valence-corrected chi connectivity index (χ2v) is 6.48. The van der Waals surface area contributed by atoms with Crippen molar-refractivity contribution in [3.63, 3.8) is 0 Å². The van der Waals surface area contributed by atoms with Crippen molar-refractivity contribution in [2.75, 3.05) is 0 Å². The summed E-state index contributed by atoms with van der Waals surface area (Å²) in [4.78, 5) is 28.4. The lowest BCUT2D eigenvalue weighted by atomic mass is 10.5. The minimum absolute atomic E-state index is 0.0237. The second kappa shape index (κ2) is 5.25. The van der Waals surface area contributed by atoms with Crippen molar-refractivity contribution in [3.8, 4) is 0 Å². The third-order valence-corrected chi connectivity index (χ3v) is 4.01. The van der Waals surface area contributed by atoms with Crippen molar-refractivity contribution in [1.82, 2.24) is 19.1 Å². The van der Waals surface area contributed by atoms with Gasteiger partial charge in [0.15, 0.2) is 4.90 Å². The Morgan fingerprint density at radius 3 is 2.65 bits per heavy atom. The molecule has 20 heavy (non-hydrogen) atoms. The van der Waals surface area contributed by atoms with E-state index in [0.717, 1.165) is 10.8 Å². The SMILES string of the molecule is CCn1ccnc1Cn1cc(S(=O)(=O)Cl)c(=O)[nH]c1=O. The number of aromatic nitrogens is 4. The van der Waals surface area contributed by atoms with Crippen LogP contribution in [0.3, 0.4) is 0 Å². The topological polar surface area (TPSA) is 107 Å². The average Bonchev–Trinajstić information content (AvgIpc) is 2.78. The minimum atomic E-state index is -4.23. The van der Waals surface area contributed by atoms with Gasteiger partial charge in [0.1, 0.15) is 5.82 Å². The summed E-state index contributed by atoms with van der Waals surface area (Å²) in [6, 6.07) is 0. The van der Waals surface area contributed by atoms with Gasteiger partial charge in [0.2, 0.25) is 0 Å². The van der Waals surface area contributed by atoms with E-state index in [1.807, 2.05) is 11.9 Å². The van der Waals surface area contributed by atoms with Crippen molar-refractivity contribution in [1.29, 1.82) is 0 Å². The Hall–Kier alpha value is -1.87. The molecule has 0 spiro atoms. The molecule has 0 amide bonds. The van der Waals surface area contributed by atoms with Crippen molar-refractivity contribution < 1.29 is 8.42 Å². The van der Waals surface area contributed by atoms with Crippen LogP contribution in [0.2, 0.25) is 0 Å². The Morgan fingerprint density at radius 1 is 1.35 bits per heavy atom. The molecule has 0 fully saturated rings. The zero-order valence-electron chi connectivity index (χ0n) is 10.4. The number of nitrogens with one attached hydrogen (secondary N) is 1. The summed E-state index contributed by atoms with van der Waals surface area (Å²) in [6.45, 7) is 2.57. The van der Waals surface area contributed by atoms with Gasteiger partial charge in [-0.15, -0.1) is 0 Å². The molecule has 2 rings (SSSR count).